The van der Waals surface area contributed by atoms with Gasteiger partial charge < -0.3 is 5.73 Å². The zero-order valence-electron chi connectivity index (χ0n) is 9.01. The van der Waals surface area contributed by atoms with Crippen molar-refractivity contribution in [3.63, 3.8) is 0 Å². The van der Waals surface area contributed by atoms with E-state index in [0.717, 1.165) is 12.0 Å². The number of halogens is 2. The van der Waals surface area contributed by atoms with Crippen LogP contribution in [0.25, 0.3) is 0 Å². The van der Waals surface area contributed by atoms with Gasteiger partial charge in [-0.3, -0.25) is 0 Å². The van der Waals surface area contributed by atoms with Gasteiger partial charge in [0.05, 0.1) is 4.47 Å². The van der Waals surface area contributed by atoms with E-state index in [1.165, 1.54) is 24.7 Å². The molecule has 1 saturated heterocycles. The van der Waals surface area contributed by atoms with Gasteiger partial charge in [-0.2, -0.15) is 11.8 Å². The van der Waals surface area contributed by atoms with Crippen LogP contribution < -0.4 is 5.73 Å². The predicted molar refractivity (Wildman–Crippen MR) is 71.3 cm³/mol. The summed E-state index contributed by atoms with van der Waals surface area (Å²) in [6, 6.07) is 5.24. The first-order valence-corrected chi connectivity index (χ1v) is 7.21. The molecule has 1 unspecified atom stereocenters. The van der Waals surface area contributed by atoms with Gasteiger partial charge in [-0.1, -0.05) is 6.07 Å². The maximum atomic E-state index is 13.1. The Balaban J connectivity index is 2.16. The lowest BCUT2D eigenvalue weighted by molar-refractivity contribution is 0.562. The van der Waals surface area contributed by atoms with Crippen molar-refractivity contribution in [3.8, 4) is 0 Å². The molecule has 0 amide bonds. The summed E-state index contributed by atoms with van der Waals surface area (Å²) in [5.74, 6) is 0.990. The minimum absolute atomic E-state index is 0.178. The summed E-state index contributed by atoms with van der Waals surface area (Å²) in [6.07, 6.45) is 3.35. The average molecular weight is 304 g/mol. The minimum atomic E-state index is -0.204. The largest absolute Gasteiger partial charge is 0.329 e. The summed E-state index contributed by atoms with van der Waals surface area (Å²) in [5, 5.41) is 0. The van der Waals surface area contributed by atoms with Crippen molar-refractivity contribution < 1.29 is 4.39 Å². The predicted octanol–water partition coefficient (Wildman–Crippen LogP) is 3.36. The van der Waals surface area contributed by atoms with E-state index in [1.54, 1.807) is 0 Å². The topological polar surface area (TPSA) is 26.0 Å². The van der Waals surface area contributed by atoms with E-state index in [9.17, 15) is 4.39 Å². The fourth-order valence-corrected chi connectivity index (χ4v) is 3.97. The van der Waals surface area contributed by atoms with Crippen LogP contribution >= 0.6 is 27.7 Å². The molecule has 88 valence electrons. The van der Waals surface area contributed by atoms with E-state index in [4.69, 9.17) is 5.73 Å². The van der Waals surface area contributed by atoms with Crippen LogP contribution in [0.4, 0.5) is 4.39 Å². The monoisotopic (exact) mass is 303 g/mol. The highest BCUT2D eigenvalue weighted by Gasteiger charge is 2.33. The summed E-state index contributed by atoms with van der Waals surface area (Å²) in [5.41, 5.74) is 7.04. The molecular formula is C12H15BrFNS. The van der Waals surface area contributed by atoms with Gasteiger partial charge in [-0.25, -0.2) is 4.39 Å². The second-order valence-corrected chi connectivity index (χ2v) is 6.68. The highest BCUT2D eigenvalue weighted by molar-refractivity contribution is 9.10. The highest BCUT2D eigenvalue weighted by Crippen LogP contribution is 2.40. The van der Waals surface area contributed by atoms with E-state index < -0.39 is 0 Å². The fraction of sp³-hybridized carbons (Fsp3) is 0.500. The number of benzene rings is 1. The molecular weight excluding hydrogens is 289 g/mol. The molecule has 1 aliphatic rings. The number of rotatable bonds is 3. The molecule has 0 aliphatic carbocycles. The van der Waals surface area contributed by atoms with Crippen LogP contribution in [0.15, 0.2) is 22.7 Å². The molecule has 1 nitrogen and oxygen atoms in total. The first-order chi connectivity index (χ1) is 7.65. The Hall–Kier alpha value is -0.0600. The standard InChI is InChI=1S/C12H15BrFNS/c13-10-6-9(2-3-11(10)14)7-12(8-15)4-1-5-16-12/h2-3,6H,1,4-5,7-8,15H2. The Kier molecular flexibility index (Phi) is 3.93. The Labute approximate surface area is 108 Å². The second kappa shape index (κ2) is 5.07. The second-order valence-electron chi connectivity index (χ2n) is 4.26. The number of hydrogen-bond donors (Lipinski definition) is 1. The molecule has 0 spiro atoms. The Morgan fingerprint density at radius 2 is 2.31 bits per heavy atom. The molecule has 1 aromatic carbocycles. The number of nitrogens with two attached hydrogens (primary N) is 1. The third kappa shape index (κ3) is 2.60. The average Bonchev–Trinajstić information content (AvgIpc) is 2.73. The molecule has 2 rings (SSSR count). The molecule has 1 heterocycles. The van der Waals surface area contributed by atoms with Gasteiger partial charge in [0.2, 0.25) is 0 Å². The van der Waals surface area contributed by atoms with E-state index in [1.807, 2.05) is 23.9 Å². The van der Waals surface area contributed by atoms with Crippen LogP contribution in [-0.4, -0.2) is 17.0 Å². The number of thioether (sulfide) groups is 1. The van der Waals surface area contributed by atoms with Gasteiger partial charge in [0.15, 0.2) is 0 Å². The van der Waals surface area contributed by atoms with E-state index in [-0.39, 0.29) is 10.6 Å². The third-order valence-corrected chi connectivity index (χ3v) is 5.30. The maximum Gasteiger partial charge on any atom is 0.137 e. The molecule has 0 radical (unpaired) electrons. The van der Waals surface area contributed by atoms with Crippen molar-refractivity contribution >= 4 is 27.7 Å². The maximum absolute atomic E-state index is 13.1. The van der Waals surface area contributed by atoms with Gasteiger partial charge >= 0.3 is 0 Å². The van der Waals surface area contributed by atoms with Crippen molar-refractivity contribution in [1.29, 1.82) is 0 Å². The van der Waals surface area contributed by atoms with Crippen LogP contribution in [0.1, 0.15) is 18.4 Å². The summed E-state index contributed by atoms with van der Waals surface area (Å²) >= 11 is 5.18. The quantitative estimate of drug-likeness (QED) is 0.926. The van der Waals surface area contributed by atoms with Crippen molar-refractivity contribution in [2.75, 3.05) is 12.3 Å². The van der Waals surface area contributed by atoms with E-state index in [0.29, 0.717) is 11.0 Å². The smallest absolute Gasteiger partial charge is 0.137 e. The van der Waals surface area contributed by atoms with Gasteiger partial charge in [0, 0.05) is 11.3 Å². The molecule has 1 fully saturated rings. The lowest BCUT2D eigenvalue weighted by Gasteiger charge is -2.26. The highest BCUT2D eigenvalue weighted by atomic mass is 79.9. The third-order valence-electron chi connectivity index (χ3n) is 3.07. The van der Waals surface area contributed by atoms with Gasteiger partial charge in [-0.05, 0) is 58.6 Å². The lowest BCUT2D eigenvalue weighted by atomic mass is 9.94. The molecule has 4 heteroatoms. The van der Waals surface area contributed by atoms with Gasteiger partial charge in [0.1, 0.15) is 5.82 Å². The zero-order chi connectivity index (χ0) is 11.6. The molecule has 0 saturated carbocycles. The van der Waals surface area contributed by atoms with E-state index in [2.05, 4.69) is 15.9 Å². The molecule has 16 heavy (non-hydrogen) atoms. The summed E-state index contributed by atoms with van der Waals surface area (Å²) in [7, 11) is 0. The van der Waals surface area contributed by atoms with Crippen molar-refractivity contribution in [2.24, 2.45) is 5.73 Å². The van der Waals surface area contributed by atoms with Crippen molar-refractivity contribution in [2.45, 2.75) is 24.0 Å². The summed E-state index contributed by atoms with van der Waals surface area (Å²) in [6.45, 7) is 0.701. The molecule has 1 aromatic rings. The van der Waals surface area contributed by atoms with Crippen LogP contribution in [0.2, 0.25) is 0 Å². The Morgan fingerprint density at radius 3 is 2.88 bits per heavy atom. The molecule has 1 atom stereocenters. The van der Waals surface area contributed by atoms with Crippen molar-refractivity contribution in [3.05, 3.63) is 34.1 Å². The first kappa shape index (κ1) is 12.4. The zero-order valence-corrected chi connectivity index (χ0v) is 11.4. The molecule has 1 aliphatic heterocycles. The van der Waals surface area contributed by atoms with Crippen molar-refractivity contribution in [1.82, 2.24) is 0 Å². The summed E-state index contributed by atoms with van der Waals surface area (Å²) in [4.78, 5) is 0. The molecule has 0 aromatic heterocycles. The Morgan fingerprint density at radius 1 is 1.50 bits per heavy atom. The number of hydrogen-bond acceptors (Lipinski definition) is 2. The Bertz CT molecular complexity index is 377. The fourth-order valence-electron chi connectivity index (χ4n) is 2.15. The van der Waals surface area contributed by atoms with Crippen LogP contribution in [-0.2, 0) is 6.42 Å². The molecule has 2 N–H and O–H groups in total. The van der Waals surface area contributed by atoms with Crippen LogP contribution in [0.3, 0.4) is 0 Å². The first-order valence-electron chi connectivity index (χ1n) is 5.43. The van der Waals surface area contributed by atoms with Crippen LogP contribution in [0.5, 0.6) is 0 Å². The SMILES string of the molecule is NCC1(Cc2ccc(F)c(Br)c2)CCCS1. The van der Waals surface area contributed by atoms with E-state index >= 15 is 0 Å². The molecule has 0 bridgehead atoms. The minimum Gasteiger partial charge on any atom is -0.329 e. The lowest BCUT2D eigenvalue weighted by Crippen LogP contribution is -2.34. The summed E-state index contributed by atoms with van der Waals surface area (Å²) < 4.78 is 13.8. The van der Waals surface area contributed by atoms with Crippen LogP contribution in [0, 0.1) is 5.82 Å². The van der Waals surface area contributed by atoms with Gasteiger partial charge in [0.25, 0.3) is 0 Å². The van der Waals surface area contributed by atoms with Gasteiger partial charge in [-0.15, -0.1) is 0 Å². The normalized spacial score (nSPS) is 24.9.